The van der Waals surface area contributed by atoms with Gasteiger partial charge in [0.25, 0.3) is 0 Å². The highest BCUT2D eigenvalue weighted by molar-refractivity contribution is 7.80. The van der Waals surface area contributed by atoms with Crippen molar-refractivity contribution in [3.8, 4) is 0 Å². The standard InChI is InChI=1S/C30H38N6O3S/c1-21-19-25(22(2)35(21)14-6-13-34-15-17-39-18-16-34)29-28(26-7-4-5-12-31-26)33-30(40)36(29)24-10-8-23(9-11-24)32-27(37)20-38-3/h4-5,7-12,19,28-29H,6,13-18,20H2,1-3H3,(H,32,37)(H,33,40)/t28-,29+/m0/s1. The van der Waals surface area contributed by atoms with Crippen LogP contribution in [0.2, 0.25) is 0 Å². The van der Waals surface area contributed by atoms with Crippen molar-refractivity contribution >= 4 is 34.6 Å². The molecule has 9 nitrogen and oxygen atoms in total. The van der Waals surface area contributed by atoms with E-state index in [1.807, 2.05) is 48.7 Å². The van der Waals surface area contributed by atoms with Gasteiger partial charge in [0.1, 0.15) is 6.61 Å². The lowest BCUT2D eigenvalue weighted by atomic mass is 9.96. The Kier molecular flexibility index (Phi) is 9.11. The molecular weight excluding hydrogens is 524 g/mol. The molecule has 5 rings (SSSR count). The summed E-state index contributed by atoms with van der Waals surface area (Å²) in [5, 5.41) is 7.06. The molecule has 2 aliphatic rings. The maximum atomic E-state index is 12.0. The highest BCUT2D eigenvalue weighted by atomic mass is 32.1. The molecule has 2 aliphatic heterocycles. The summed E-state index contributed by atoms with van der Waals surface area (Å²) in [5.74, 6) is -0.192. The van der Waals surface area contributed by atoms with Gasteiger partial charge >= 0.3 is 0 Å². The summed E-state index contributed by atoms with van der Waals surface area (Å²) in [7, 11) is 1.50. The van der Waals surface area contributed by atoms with Crippen molar-refractivity contribution < 1.29 is 14.3 Å². The third-order valence-electron chi connectivity index (χ3n) is 7.69. The molecular formula is C30H38N6O3S. The zero-order chi connectivity index (χ0) is 28.1. The van der Waals surface area contributed by atoms with E-state index in [0.717, 1.165) is 57.2 Å². The average Bonchev–Trinajstić information content (AvgIpc) is 3.45. The summed E-state index contributed by atoms with van der Waals surface area (Å²) in [4.78, 5) is 21.3. The van der Waals surface area contributed by atoms with Gasteiger partial charge in [0, 0.05) is 62.2 Å². The number of aryl methyl sites for hydroxylation is 1. The Balaban J connectivity index is 1.43. The lowest BCUT2D eigenvalue weighted by Crippen LogP contribution is -2.37. The number of ether oxygens (including phenoxy) is 2. The van der Waals surface area contributed by atoms with E-state index in [9.17, 15) is 4.79 Å². The van der Waals surface area contributed by atoms with Crippen LogP contribution in [-0.4, -0.2) is 72.0 Å². The topological polar surface area (TPSA) is 83.9 Å². The molecule has 3 aromatic rings. The Hall–Kier alpha value is -3.31. The summed E-state index contributed by atoms with van der Waals surface area (Å²) in [6, 6.07) is 15.9. The second-order valence-corrected chi connectivity index (χ2v) is 10.7. The number of nitrogens with zero attached hydrogens (tertiary/aromatic N) is 4. The van der Waals surface area contributed by atoms with Crippen molar-refractivity contribution in [1.82, 2.24) is 19.8 Å². The molecule has 0 aliphatic carbocycles. The fourth-order valence-electron chi connectivity index (χ4n) is 5.73. The highest BCUT2D eigenvalue weighted by Gasteiger charge is 2.42. The predicted octanol–water partition coefficient (Wildman–Crippen LogP) is 3.98. The molecule has 0 spiro atoms. The molecule has 4 heterocycles. The first-order chi connectivity index (χ1) is 19.5. The second-order valence-electron chi connectivity index (χ2n) is 10.3. The lowest BCUT2D eigenvalue weighted by molar-refractivity contribution is -0.119. The normalized spacial score (nSPS) is 19.6. The van der Waals surface area contributed by atoms with Gasteiger partial charge in [0.05, 0.1) is 31.0 Å². The molecule has 1 aromatic carbocycles. The third-order valence-corrected chi connectivity index (χ3v) is 8.01. The molecule has 40 heavy (non-hydrogen) atoms. The van der Waals surface area contributed by atoms with Crippen LogP contribution in [0.3, 0.4) is 0 Å². The molecule has 212 valence electrons. The number of carbonyl (C=O) groups is 1. The van der Waals surface area contributed by atoms with E-state index in [-0.39, 0.29) is 24.6 Å². The van der Waals surface area contributed by atoms with Crippen LogP contribution < -0.4 is 15.5 Å². The van der Waals surface area contributed by atoms with Crippen LogP contribution in [-0.2, 0) is 20.8 Å². The molecule has 0 saturated carbocycles. The fraction of sp³-hybridized carbons (Fsp3) is 0.433. The molecule has 2 N–H and O–H groups in total. The minimum atomic E-state index is -0.192. The van der Waals surface area contributed by atoms with Crippen molar-refractivity contribution in [3.63, 3.8) is 0 Å². The number of anilines is 2. The summed E-state index contributed by atoms with van der Waals surface area (Å²) < 4.78 is 12.9. The zero-order valence-corrected chi connectivity index (χ0v) is 24.2. The molecule has 2 atom stereocenters. The summed E-state index contributed by atoms with van der Waals surface area (Å²) in [5.41, 5.74) is 6.30. The van der Waals surface area contributed by atoms with E-state index in [4.69, 9.17) is 26.7 Å². The number of morpholine rings is 1. The van der Waals surface area contributed by atoms with Gasteiger partial charge < -0.3 is 29.6 Å². The minimum absolute atomic E-state index is 0.0117. The Morgan fingerprint density at radius 2 is 1.93 bits per heavy atom. The molecule has 2 aromatic heterocycles. The van der Waals surface area contributed by atoms with Gasteiger partial charge in [0.15, 0.2) is 5.11 Å². The van der Waals surface area contributed by atoms with Gasteiger partial charge in [-0.3, -0.25) is 14.7 Å². The van der Waals surface area contributed by atoms with Crippen LogP contribution in [0.5, 0.6) is 0 Å². The molecule has 0 unspecified atom stereocenters. The Bertz CT molecular complexity index is 1310. The van der Waals surface area contributed by atoms with E-state index in [0.29, 0.717) is 10.8 Å². The van der Waals surface area contributed by atoms with Crippen LogP contribution in [0.1, 0.15) is 41.1 Å². The number of rotatable bonds is 10. The molecule has 0 radical (unpaired) electrons. The number of hydrogen-bond acceptors (Lipinski definition) is 6. The van der Waals surface area contributed by atoms with Crippen LogP contribution >= 0.6 is 12.2 Å². The van der Waals surface area contributed by atoms with Crippen LogP contribution in [0, 0.1) is 13.8 Å². The minimum Gasteiger partial charge on any atom is -0.379 e. The molecule has 2 fully saturated rings. The first-order valence-electron chi connectivity index (χ1n) is 13.8. The summed E-state index contributed by atoms with van der Waals surface area (Å²) in [6.45, 7) is 10.1. The van der Waals surface area contributed by atoms with Gasteiger partial charge in [-0.1, -0.05) is 6.07 Å². The van der Waals surface area contributed by atoms with Crippen LogP contribution in [0.4, 0.5) is 11.4 Å². The number of benzene rings is 1. The largest absolute Gasteiger partial charge is 0.379 e. The Morgan fingerprint density at radius 3 is 2.62 bits per heavy atom. The number of thiocarbonyl (C=S) groups is 1. The number of amides is 1. The predicted molar refractivity (Wildman–Crippen MR) is 161 cm³/mol. The molecule has 1 amide bonds. The van der Waals surface area contributed by atoms with Crippen LogP contribution in [0.25, 0.3) is 0 Å². The second kappa shape index (κ2) is 12.9. The summed E-state index contributed by atoms with van der Waals surface area (Å²) in [6.07, 6.45) is 2.91. The van der Waals surface area contributed by atoms with Gasteiger partial charge in [-0.05, 0) is 80.5 Å². The number of carbonyl (C=O) groups excluding carboxylic acids is 1. The van der Waals surface area contributed by atoms with Crippen molar-refractivity contribution in [3.05, 3.63) is 77.4 Å². The number of nitrogens with one attached hydrogen (secondary N) is 2. The monoisotopic (exact) mass is 562 g/mol. The van der Waals surface area contributed by atoms with E-state index in [1.165, 1.54) is 24.1 Å². The van der Waals surface area contributed by atoms with Crippen LogP contribution in [0.15, 0.2) is 54.7 Å². The summed E-state index contributed by atoms with van der Waals surface area (Å²) >= 11 is 5.92. The maximum absolute atomic E-state index is 12.0. The van der Waals surface area contributed by atoms with Crippen molar-refractivity contribution in [2.24, 2.45) is 0 Å². The smallest absolute Gasteiger partial charge is 0.250 e. The van der Waals surface area contributed by atoms with Gasteiger partial charge in [-0.15, -0.1) is 0 Å². The first-order valence-corrected chi connectivity index (χ1v) is 14.2. The van der Waals surface area contributed by atoms with Crippen molar-refractivity contribution in [2.45, 2.75) is 38.9 Å². The third kappa shape index (κ3) is 6.20. The Morgan fingerprint density at radius 1 is 1.15 bits per heavy atom. The number of pyridine rings is 1. The van der Waals surface area contributed by atoms with Crippen molar-refractivity contribution in [1.29, 1.82) is 0 Å². The van der Waals surface area contributed by atoms with E-state index < -0.39 is 0 Å². The van der Waals surface area contributed by atoms with E-state index in [1.54, 1.807) is 0 Å². The first kappa shape index (κ1) is 28.2. The van der Waals surface area contributed by atoms with Gasteiger partial charge in [-0.2, -0.15) is 0 Å². The molecule has 0 bridgehead atoms. The van der Waals surface area contributed by atoms with E-state index >= 15 is 0 Å². The van der Waals surface area contributed by atoms with Crippen molar-refractivity contribution in [2.75, 3.05) is 56.8 Å². The average molecular weight is 563 g/mol. The number of methoxy groups -OCH3 is 1. The quantitative estimate of drug-likeness (QED) is 0.359. The highest BCUT2D eigenvalue weighted by Crippen LogP contribution is 2.43. The Labute approximate surface area is 241 Å². The van der Waals surface area contributed by atoms with Gasteiger partial charge in [0.2, 0.25) is 5.91 Å². The SMILES string of the molecule is COCC(=O)Nc1ccc(N2C(=S)N[C@@H](c3ccccn3)[C@H]2c2cc(C)n(CCCN3CCOCC3)c2C)cc1. The molecule has 10 heteroatoms. The zero-order valence-electron chi connectivity index (χ0n) is 23.4. The van der Waals surface area contributed by atoms with E-state index in [2.05, 4.69) is 44.9 Å². The lowest BCUT2D eigenvalue weighted by Gasteiger charge is -2.28. The fourth-order valence-corrected chi connectivity index (χ4v) is 6.08. The number of aromatic nitrogens is 2. The molecule has 2 saturated heterocycles. The van der Waals surface area contributed by atoms with Gasteiger partial charge in [-0.25, -0.2) is 0 Å². The number of hydrogen-bond donors (Lipinski definition) is 2. The maximum Gasteiger partial charge on any atom is 0.250 e.